The Morgan fingerprint density at radius 3 is 2.83 bits per heavy atom. The Morgan fingerprint density at radius 1 is 1.44 bits per heavy atom. The van der Waals surface area contributed by atoms with Crippen molar-refractivity contribution in [3.63, 3.8) is 0 Å². The molecule has 0 radical (unpaired) electrons. The maximum atomic E-state index is 11.8. The molecule has 1 aliphatic carbocycles. The van der Waals surface area contributed by atoms with Gasteiger partial charge >= 0.3 is 5.97 Å². The monoisotopic (exact) mass is 268 g/mol. The number of halogens is 1. The summed E-state index contributed by atoms with van der Waals surface area (Å²) < 4.78 is 0. The zero-order valence-corrected chi connectivity index (χ0v) is 10.4. The molecule has 1 aromatic rings. The average Bonchev–Trinajstić information content (AvgIpc) is 2.77. The van der Waals surface area contributed by atoms with Gasteiger partial charge in [0.05, 0.1) is 5.92 Å². The lowest BCUT2D eigenvalue weighted by Crippen LogP contribution is -2.33. The zero-order valence-electron chi connectivity index (χ0n) is 9.60. The van der Waals surface area contributed by atoms with Crippen molar-refractivity contribution in [1.82, 2.24) is 10.3 Å². The molecule has 5 nitrogen and oxygen atoms in total. The summed E-state index contributed by atoms with van der Waals surface area (Å²) in [6.45, 7) is 0. The molecule has 1 saturated carbocycles. The number of aliphatic carboxylic acids is 1. The van der Waals surface area contributed by atoms with E-state index in [4.69, 9.17) is 16.7 Å². The molecule has 6 heteroatoms. The van der Waals surface area contributed by atoms with Crippen LogP contribution in [0.3, 0.4) is 0 Å². The number of carboxylic acids is 1. The van der Waals surface area contributed by atoms with Gasteiger partial charge in [-0.3, -0.25) is 14.6 Å². The number of hydrogen-bond donors (Lipinski definition) is 2. The molecule has 2 atom stereocenters. The molecule has 18 heavy (non-hydrogen) atoms. The fourth-order valence-electron chi connectivity index (χ4n) is 2.13. The first kappa shape index (κ1) is 12.8. The number of pyridine rings is 1. The summed E-state index contributed by atoms with van der Waals surface area (Å²) in [7, 11) is 0. The van der Waals surface area contributed by atoms with Crippen molar-refractivity contribution in [2.75, 3.05) is 0 Å². The number of carbonyl (C=O) groups excluding carboxylic acids is 1. The van der Waals surface area contributed by atoms with E-state index in [0.717, 1.165) is 0 Å². The van der Waals surface area contributed by atoms with Gasteiger partial charge in [-0.25, -0.2) is 0 Å². The molecule has 0 bridgehead atoms. The van der Waals surface area contributed by atoms with Crippen LogP contribution >= 0.6 is 11.6 Å². The summed E-state index contributed by atoms with van der Waals surface area (Å²) in [5, 5.41) is 12.1. The fraction of sp³-hybridized carbons (Fsp3) is 0.417. The standard InChI is InChI=1S/C12H13ClN2O3/c13-8-3-4-14-10(6-8)11(16)15-9-2-1-7(5-9)12(17)18/h3-4,6-7,9H,1-2,5H2,(H,15,16)(H,17,18)/t7-,9+/m1/s1. The van der Waals surface area contributed by atoms with Crippen LogP contribution in [0.2, 0.25) is 5.02 Å². The molecule has 0 aromatic carbocycles. The SMILES string of the molecule is O=C(N[C@H]1CC[C@@H](C(=O)O)C1)c1cc(Cl)ccn1. The molecule has 1 aliphatic rings. The molecule has 0 spiro atoms. The molecule has 96 valence electrons. The van der Waals surface area contributed by atoms with E-state index in [9.17, 15) is 9.59 Å². The van der Waals surface area contributed by atoms with E-state index < -0.39 is 5.97 Å². The van der Waals surface area contributed by atoms with Crippen LogP contribution < -0.4 is 5.32 Å². The van der Waals surface area contributed by atoms with Gasteiger partial charge in [0.25, 0.3) is 5.91 Å². The minimum absolute atomic E-state index is 0.0978. The molecule has 1 amide bonds. The Bertz CT molecular complexity index is 478. The third-order valence-corrected chi connectivity index (χ3v) is 3.31. The maximum Gasteiger partial charge on any atom is 0.306 e. The number of aromatic nitrogens is 1. The number of hydrogen-bond acceptors (Lipinski definition) is 3. The number of carbonyl (C=O) groups is 2. The van der Waals surface area contributed by atoms with Crippen molar-refractivity contribution in [3.05, 3.63) is 29.0 Å². The van der Waals surface area contributed by atoms with Gasteiger partial charge in [0, 0.05) is 17.3 Å². The minimum Gasteiger partial charge on any atom is -0.481 e. The van der Waals surface area contributed by atoms with Gasteiger partial charge in [0.2, 0.25) is 0 Å². The van der Waals surface area contributed by atoms with Crippen LogP contribution in [0, 0.1) is 5.92 Å². The number of nitrogens with zero attached hydrogens (tertiary/aromatic N) is 1. The van der Waals surface area contributed by atoms with Crippen molar-refractivity contribution < 1.29 is 14.7 Å². The van der Waals surface area contributed by atoms with Crippen molar-refractivity contribution in [1.29, 1.82) is 0 Å². The van der Waals surface area contributed by atoms with Gasteiger partial charge < -0.3 is 10.4 Å². The summed E-state index contributed by atoms with van der Waals surface area (Å²) in [5.41, 5.74) is 0.251. The normalized spacial score (nSPS) is 22.7. The second-order valence-corrected chi connectivity index (χ2v) is 4.81. The molecule has 1 aromatic heterocycles. The van der Waals surface area contributed by atoms with Crippen LogP contribution in [0.5, 0.6) is 0 Å². The largest absolute Gasteiger partial charge is 0.481 e. The first-order valence-corrected chi connectivity index (χ1v) is 6.09. The van der Waals surface area contributed by atoms with Gasteiger partial charge in [0.1, 0.15) is 5.69 Å². The van der Waals surface area contributed by atoms with Gasteiger partial charge in [-0.1, -0.05) is 11.6 Å². The summed E-state index contributed by atoms with van der Waals surface area (Å²) in [4.78, 5) is 26.6. The molecule has 0 saturated heterocycles. The van der Waals surface area contributed by atoms with Gasteiger partial charge in [-0.15, -0.1) is 0 Å². The van der Waals surface area contributed by atoms with E-state index in [-0.39, 0.29) is 23.6 Å². The lowest BCUT2D eigenvalue weighted by Gasteiger charge is -2.11. The van der Waals surface area contributed by atoms with E-state index in [0.29, 0.717) is 24.3 Å². The molecule has 2 N–H and O–H groups in total. The summed E-state index contributed by atoms with van der Waals surface area (Å²) >= 11 is 5.77. The average molecular weight is 269 g/mol. The smallest absolute Gasteiger partial charge is 0.306 e. The second kappa shape index (κ2) is 5.35. The second-order valence-electron chi connectivity index (χ2n) is 4.38. The Labute approximate surface area is 109 Å². The van der Waals surface area contributed by atoms with Crippen LogP contribution in [0.15, 0.2) is 18.3 Å². The molecular formula is C12H13ClN2O3. The molecule has 1 heterocycles. The number of nitrogens with one attached hydrogen (secondary N) is 1. The van der Waals surface area contributed by atoms with Crippen LogP contribution in [-0.4, -0.2) is 28.0 Å². The predicted molar refractivity (Wildman–Crippen MR) is 65.5 cm³/mol. The van der Waals surface area contributed by atoms with Gasteiger partial charge in [-0.05, 0) is 31.4 Å². The van der Waals surface area contributed by atoms with Crippen LogP contribution in [0.1, 0.15) is 29.8 Å². The van der Waals surface area contributed by atoms with Crippen LogP contribution in [0.25, 0.3) is 0 Å². The Hall–Kier alpha value is -1.62. The topological polar surface area (TPSA) is 79.3 Å². The molecule has 1 fully saturated rings. The Kier molecular flexibility index (Phi) is 3.81. The minimum atomic E-state index is -0.798. The van der Waals surface area contributed by atoms with Crippen molar-refractivity contribution in [3.8, 4) is 0 Å². The highest BCUT2D eigenvalue weighted by Gasteiger charge is 2.30. The summed E-state index contributed by atoms with van der Waals surface area (Å²) in [5.74, 6) is -1.47. The van der Waals surface area contributed by atoms with Crippen molar-refractivity contribution in [2.45, 2.75) is 25.3 Å². The van der Waals surface area contributed by atoms with Crippen molar-refractivity contribution in [2.24, 2.45) is 5.92 Å². The van der Waals surface area contributed by atoms with E-state index in [1.54, 1.807) is 6.07 Å². The lowest BCUT2D eigenvalue weighted by molar-refractivity contribution is -0.141. The quantitative estimate of drug-likeness (QED) is 0.875. The lowest BCUT2D eigenvalue weighted by atomic mass is 10.1. The van der Waals surface area contributed by atoms with E-state index in [1.807, 2.05) is 0 Å². The molecule has 0 unspecified atom stereocenters. The highest BCUT2D eigenvalue weighted by Crippen LogP contribution is 2.25. The van der Waals surface area contributed by atoms with Gasteiger partial charge in [0.15, 0.2) is 0 Å². The van der Waals surface area contributed by atoms with E-state index >= 15 is 0 Å². The highest BCUT2D eigenvalue weighted by molar-refractivity contribution is 6.30. The third-order valence-electron chi connectivity index (χ3n) is 3.07. The number of amides is 1. The first-order valence-electron chi connectivity index (χ1n) is 5.71. The number of rotatable bonds is 3. The van der Waals surface area contributed by atoms with Crippen LogP contribution in [0.4, 0.5) is 0 Å². The first-order chi connectivity index (χ1) is 8.56. The molecule has 0 aliphatic heterocycles. The summed E-state index contributed by atoms with van der Waals surface area (Å²) in [6, 6.07) is 2.98. The Morgan fingerprint density at radius 2 is 2.22 bits per heavy atom. The van der Waals surface area contributed by atoms with Crippen LogP contribution in [-0.2, 0) is 4.79 Å². The predicted octanol–water partition coefficient (Wildman–Crippen LogP) is 1.72. The van der Waals surface area contributed by atoms with E-state index in [2.05, 4.69) is 10.3 Å². The Balaban J connectivity index is 1.95. The zero-order chi connectivity index (χ0) is 13.1. The van der Waals surface area contributed by atoms with Crippen molar-refractivity contribution >= 4 is 23.5 Å². The molecule has 2 rings (SSSR count). The number of carboxylic acid groups (broad SMARTS) is 1. The highest BCUT2D eigenvalue weighted by atomic mass is 35.5. The molecular weight excluding hydrogens is 256 g/mol. The maximum absolute atomic E-state index is 11.8. The summed E-state index contributed by atoms with van der Waals surface area (Å²) in [6.07, 6.45) is 3.22. The third kappa shape index (κ3) is 2.98. The van der Waals surface area contributed by atoms with Gasteiger partial charge in [-0.2, -0.15) is 0 Å². The van der Waals surface area contributed by atoms with E-state index in [1.165, 1.54) is 12.3 Å². The fourth-order valence-corrected chi connectivity index (χ4v) is 2.28.